The molecule has 0 aliphatic carbocycles. The van der Waals surface area contributed by atoms with E-state index in [9.17, 15) is 5.11 Å². The van der Waals surface area contributed by atoms with E-state index in [4.69, 9.17) is 5.73 Å². The number of phenols is 1. The van der Waals surface area contributed by atoms with Gasteiger partial charge in [0.15, 0.2) is 0 Å². The predicted molar refractivity (Wildman–Crippen MR) is 52.5 cm³/mol. The highest BCUT2D eigenvalue weighted by atomic mass is 32.2. The molecular weight excluding hydrogens is 170 g/mol. The largest absolute Gasteiger partial charge is 0.508 e. The molecule has 1 aromatic rings. The Morgan fingerprint density at radius 2 is 2.17 bits per heavy atom. The Labute approximate surface area is 76.8 Å². The van der Waals surface area contributed by atoms with Gasteiger partial charge in [0, 0.05) is 10.9 Å². The van der Waals surface area contributed by atoms with E-state index in [0.29, 0.717) is 0 Å². The first-order chi connectivity index (χ1) is 5.65. The van der Waals surface area contributed by atoms with Gasteiger partial charge in [-0.25, -0.2) is 0 Å². The maximum atomic E-state index is 9.22. The van der Waals surface area contributed by atoms with Gasteiger partial charge in [-0.1, -0.05) is 0 Å². The second-order valence-corrected chi connectivity index (χ2v) is 3.56. The Kier molecular flexibility index (Phi) is 3.00. The quantitative estimate of drug-likeness (QED) is 0.690. The fourth-order valence-electron chi connectivity index (χ4n) is 1.08. The summed E-state index contributed by atoms with van der Waals surface area (Å²) in [5.41, 5.74) is 6.74. The first-order valence-corrected chi connectivity index (χ1v) is 5.00. The molecule has 0 unspecified atom stereocenters. The first-order valence-electron chi connectivity index (χ1n) is 3.77. The van der Waals surface area contributed by atoms with Crippen LogP contribution >= 0.6 is 11.8 Å². The maximum Gasteiger partial charge on any atom is 0.115 e. The van der Waals surface area contributed by atoms with Crippen molar-refractivity contribution in [3.63, 3.8) is 0 Å². The highest BCUT2D eigenvalue weighted by Crippen LogP contribution is 2.27. The second kappa shape index (κ2) is 3.83. The second-order valence-electron chi connectivity index (χ2n) is 2.71. The molecule has 66 valence electrons. The van der Waals surface area contributed by atoms with Crippen molar-refractivity contribution in [3.8, 4) is 5.75 Å². The summed E-state index contributed by atoms with van der Waals surface area (Å²) in [6.07, 6.45) is 2.00. The number of hydrogen-bond acceptors (Lipinski definition) is 3. The lowest BCUT2D eigenvalue weighted by Crippen LogP contribution is -2.05. The van der Waals surface area contributed by atoms with Gasteiger partial charge in [-0.3, -0.25) is 0 Å². The summed E-state index contributed by atoms with van der Waals surface area (Å²) in [4.78, 5) is 1.13. The first kappa shape index (κ1) is 9.42. The predicted octanol–water partition coefficient (Wildman–Crippen LogP) is 2.13. The molecule has 1 aromatic carbocycles. The minimum Gasteiger partial charge on any atom is -0.508 e. The van der Waals surface area contributed by atoms with E-state index in [2.05, 4.69) is 0 Å². The molecule has 0 spiro atoms. The highest BCUT2D eigenvalue weighted by Gasteiger charge is 2.06. The average Bonchev–Trinajstić information content (AvgIpc) is 2.04. The molecule has 0 aliphatic rings. The summed E-state index contributed by atoms with van der Waals surface area (Å²) in [5, 5.41) is 9.22. The zero-order valence-electron chi connectivity index (χ0n) is 7.24. The Bertz CT molecular complexity index is 273. The summed E-state index contributed by atoms with van der Waals surface area (Å²) in [7, 11) is 0. The van der Waals surface area contributed by atoms with Crippen molar-refractivity contribution < 1.29 is 5.11 Å². The molecule has 2 nitrogen and oxygen atoms in total. The van der Waals surface area contributed by atoms with Gasteiger partial charge in [0.2, 0.25) is 0 Å². The normalized spacial score (nSPS) is 12.9. The Balaban J connectivity index is 3.12. The Morgan fingerprint density at radius 3 is 2.67 bits per heavy atom. The third kappa shape index (κ3) is 1.93. The molecule has 1 atom stereocenters. The van der Waals surface area contributed by atoms with E-state index in [0.717, 1.165) is 10.5 Å². The van der Waals surface area contributed by atoms with Gasteiger partial charge < -0.3 is 10.8 Å². The molecule has 1 rings (SSSR count). The zero-order chi connectivity index (χ0) is 9.14. The van der Waals surface area contributed by atoms with Crippen LogP contribution in [0.1, 0.15) is 18.5 Å². The molecule has 3 heteroatoms. The van der Waals surface area contributed by atoms with Crippen LogP contribution in [0.5, 0.6) is 5.75 Å². The van der Waals surface area contributed by atoms with Crippen LogP contribution in [0.15, 0.2) is 23.1 Å². The van der Waals surface area contributed by atoms with Crippen LogP contribution in [-0.4, -0.2) is 11.4 Å². The molecule has 0 saturated heterocycles. The zero-order valence-corrected chi connectivity index (χ0v) is 8.06. The van der Waals surface area contributed by atoms with Crippen LogP contribution < -0.4 is 5.73 Å². The van der Waals surface area contributed by atoms with Crippen molar-refractivity contribution in [2.75, 3.05) is 6.26 Å². The van der Waals surface area contributed by atoms with Gasteiger partial charge in [0.1, 0.15) is 5.75 Å². The van der Waals surface area contributed by atoms with Gasteiger partial charge >= 0.3 is 0 Å². The van der Waals surface area contributed by atoms with Crippen molar-refractivity contribution in [2.45, 2.75) is 17.9 Å². The minimum atomic E-state index is -0.0282. The van der Waals surface area contributed by atoms with Crippen LogP contribution in [0.2, 0.25) is 0 Å². The molecule has 0 amide bonds. The number of benzene rings is 1. The van der Waals surface area contributed by atoms with Crippen molar-refractivity contribution in [1.29, 1.82) is 0 Å². The van der Waals surface area contributed by atoms with Crippen molar-refractivity contribution in [3.05, 3.63) is 23.8 Å². The van der Waals surface area contributed by atoms with Crippen LogP contribution in [0.4, 0.5) is 0 Å². The molecule has 3 N–H and O–H groups in total. The van der Waals surface area contributed by atoms with Crippen LogP contribution in [-0.2, 0) is 0 Å². The van der Waals surface area contributed by atoms with Crippen LogP contribution in [0, 0.1) is 0 Å². The van der Waals surface area contributed by atoms with Gasteiger partial charge in [-0.15, -0.1) is 11.8 Å². The molecule has 0 radical (unpaired) electrons. The van der Waals surface area contributed by atoms with Crippen molar-refractivity contribution >= 4 is 11.8 Å². The van der Waals surface area contributed by atoms with E-state index in [1.807, 2.05) is 19.2 Å². The summed E-state index contributed by atoms with van der Waals surface area (Å²) >= 11 is 1.64. The number of rotatable bonds is 2. The average molecular weight is 183 g/mol. The molecule has 0 bridgehead atoms. The monoisotopic (exact) mass is 183 g/mol. The molecule has 0 aromatic heterocycles. The number of thioether (sulfide) groups is 1. The Hall–Kier alpha value is -0.670. The number of hydrogen-bond donors (Lipinski definition) is 2. The van der Waals surface area contributed by atoms with Gasteiger partial charge in [0.25, 0.3) is 0 Å². The molecule has 0 aliphatic heterocycles. The summed E-state index contributed by atoms with van der Waals surface area (Å²) in [5.74, 6) is 0.278. The number of nitrogens with two attached hydrogens (primary N) is 1. The molecule has 0 saturated carbocycles. The molecule has 12 heavy (non-hydrogen) atoms. The lowest BCUT2D eigenvalue weighted by Gasteiger charge is -2.10. The lowest BCUT2D eigenvalue weighted by atomic mass is 10.1. The van der Waals surface area contributed by atoms with E-state index in [1.165, 1.54) is 0 Å². The van der Waals surface area contributed by atoms with E-state index in [1.54, 1.807) is 23.9 Å². The van der Waals surface area contributed by atoms with Crippen LogP contribution in [0.3, 0.4) is 0 Å². The minimum absolute atomic E-state index is 0.0282. The van der Waals surface area contributed by atoms with Crippen molar-refractivity contribution in [1.82, 2.24) is 0 Å². The van der Waals surface area contributed by atoms with E-state index < -0.39 is 0 Å². The summed E-state index contributed by atoms with van der Waals surface area (Å²) in [6, 6.07) is 5.26. The number of phenolic OH excluding ortho intramolecular Hbond substituents is 1. The fourth-order valence-corrected chi connectivity index (χ4v) is 1.76. The molecule has 0 heterocycles. The summed E-state index contributed by atoms with van der Waals surface area (Å²) in [6.45, 7) is 1.91. The van der Waals surface area contributed by atoms with Gasteiger partial charge in [-0.05, 0) is 36.9 Å². The number of aromatic hydroxyl groups is 1. The SMILES string of the molecule is CSc1ccc(O)cc1[C@H](C)N. The third-order valence-electron chi connectivity index (χ3n) is 1.70. The fraction of sp³-hybridized carbons (Fsp3) is 0.333. The Morgan fingerprint density at radius 1 is 1.50 bits per heavy atom. The van der Waals surface area contributed by atoms with E-state index >= 15 is 0 Å². The lowest BCUT2D eigenvalue weighted by molar-refractivity contribution is 0.473. The van der Waals surface area contributed by atoms with E-state index in [-0.39, 0.29) is 11.8 Å². The molecular formula is C9H13NOS. The standard InChI is InChI=1S/C9H13NOS/c1-6(10)8-5-7(11)3-4-9(8)12-2/h3-6,11H,10H2,1-2H3/t6-/m0/s1. The smallest absolute Gasteiger partial charge is 0.115 e. The van der Waals surface area contributed by atoms with Crippen molar-refractivity contribution in [2.24, 2.45) is 5.73 Å². The van der Waals surface area contributed by atoms with Gasteiger partial charge in [-0.2, -0.15) is 0 Å². The topological polar surface area (TPSA) is 46.2 Å². The highest BCUT2D eigenvalue weighted by molar-refractivity contribution is 7.98. The summed E-state index contributed by atoms with van der Waals surface area (Å²) < 4.78 is 0. The van der Waals surface area contributed by atoms with Crippen LogP contribution in [0.25, 0.3) is 0 Å². The molecule has 0 fully saturated rings. The maximum absolute atomic E-state index is 9.22. The van der Waals surface area contributed by atoms with Gasteiger partial charge in [0.05, 0.1) is 0 Å². The third-order valence-corrected chi connectivity index (χ3v) is 2.52.